The van der Waals surface area contributed by atoms with Gasteiger partial charge >= 0.3 is 0 Å². The molecule has 0 bridgehead atoms. The number of rotatable bonds is 1. The van der Waals surface area contributed by atoms with E-state index in [1.54, 1.807) is 4.90 Å². The maximum Gasteiger partial charge on any atom is 0.280 e. The van der Waals surface area contributed by atoms with Crippen molar-refractivity contribution in [2.45, 2.75) is 6.42 Å². The van der Waals surface area contributed by atoms with Crippen LogP contribution in [0.2, 0.25) is 0 Å². The zero-order chi connectivity index (χ0) is 11.8. The molecule has 6 heteroatoms. The molecule has 1 aromatic carbocycles. The van der Waals surface area contributed by atoms with Crippen LogP contribution >= 0.6 is 15.9 Å². The van der Waals surface area contributed by atoms with Crippen molar-refractivity contribution < 1.29 is 4.79 Å². The molecular formula is C11H9BrN4O. The number of nitrogens with one attached hydrogen (secondary N) is 1. The summed E-state index contributed by atoms with van der Waals surface area (Å²) in [5.41, 5.74) is 2.48. The SMILES string of the molecule is O=C(c1cn[nH]n1)N1CCc2ccc(Br)cc21. The molecule has 1 amide bonds. The smallest absolute Gasteiger partial charge is 0.280 e. The Kier molecular flexibility index (Phi) is 2.44. The lowest BCUT2D eigenvalue weighted by Gasteiger charge is -2.15. The van der Waals surface area contributed by atoms with Gasteiger partial charge in [-0.25, -0.2) is 0 Å². The maximum atomic E-state index is 12.2. The molecule has 1 aromatic heterocycles. The normalized spacial score (nSPS) is 13.8. The van der Waals surface area contributed by atoms with Crippen LogP contribution in [-0.4, -0.2) is 27.9 Å². The summed E-state index contributed by atoms with van der Waals surface area (Å²) >= 11 is 3.42. The molecular weight excluding hydrogens is 284 g/mol. The van der Waals surface area contributed by atoms with Gasteiger partial charge < -0.3 is 4.90 Å². The zero-order valence-electron chi connectivity index (χ0n) is 8.85. The Labute approximate surface area is 106 Å². The van der Waals surface area contributed by atoms with Crippen molar-refractivity contribution in [1.29, 1.82) is 0 Å². The molecule has 0 atom stereocenters. The second-order valence-corrected chi connectivity index (χ2v) is 4.75. The van der Waals surface area contributed by atoms with Crippen LogP contribution in [0, 0.1) is 0 Å². The molecule has 0 unspecified atom stereocenters. The first kappa shape index (κ1) is 10.5. The molecule has 1 aliphatic heterocycles. The number of anilines is 1. The first-order chi connectivity index (χ1) is 8.25. The van der Waals surface area contributed by atoms with E-state index in [4.69, 9.17) is 0 Å². The van der Waals surface area contributed by atoms with Crippen molar-refractivity contribution in [3.05, 3.63) is 40.1 Å². The van der Waals surface area contributed by atoms with E-state index in [1.165, 1.54) is 11.8 Å². The van der Waals surface area contributed by atoms with E-state index in [9.17, 15) is 4.79 Å². The van der Waals surface area contributed by atoms with Crippen molar-refractivity contribution in [2.24, 2.45) is 0 Å². The highest BCUT2D eigenvalue weighted by Crippen LogP contribution is 2.31. The van der Waals surface area contributed by atoms with E-state index < -0.39 is 0 Å². The minimum Gasteiger partial charge on any atom is -0.306 e. The highest BCUT2D eigenvalue weighted by atomic mass is 79.9. The Hall–Kier alpha value is -1.69. The number of fused-ring (bicyclic) bond motifs is 1. The second kappa shape index (κ2) is 3.96. The van der Waals surface area contributed by atoms with Crippen LogP contribution in [0.15, 0.2) is 28.9 Å². The van der Waals surface area contributed by atoms with Gasteiger partial charge in [0.1, 0.15) is 0 Å². The van der Waals surface area contributed by atoms with Gasteiger partial charge in [0.05, 0.1) is 6.20 Å². The lowest BCUT2D eigenvalue weighted by Crippen LogP contribution is -2.29. The molecule has 5 nitrogen and oxygen atoms in total. The Bertz CT molecular complexity index is 567. The van der Waals surface area contributed by atoms with Crippen molar-refractivity contribution in [1.82, 2.24) is 15.4 Å². The number of benzene rings is 1. The fraction of sp³-hybridized carbons (Fsp3) is 0.182. The number of carbonyl (C=O) groups is 1. The van der Waals surface area contributed by atoms with E-state index in [0.717, 1.165) is 16.6 Å². The van der Waals surface area contributed by atoms with Gasteiger partial charge in [-0.1, -0.05) is 22.0 Å². The van der Waals surface area contributed by atoms with Gasteiger partial charge in [0.2, 0.25) is 0 Å². The Morgan fingerprint density at radius 1 is 1.47 bits per heavy atom. The van der Waals surface area contributed by atoms with Crippen molar-refractivity contribution in [3.8, 4) is 0 Å². The van der Waals surface area contributed by atoms with Gasteiger partial charge in [-0.15, -0.1) is 0 Å². The molecule has 0 spiro atoms. The summed E-state index contributed by atoms with van der Waals surface area (Å²) in [7, 11) is 0. The van der Waals surface area contributed by atoms with E-state index in [-0.39, 0.29) is 5.91 Å². The molecule has 86 valence electrons. The average molecular weight is 293 g/mol. The van der Waals surface area contributed by atoms with Gasteiger partial charge in [0, 0.05) is 16.7 Å². The molecule has 0 radical (unpaired) electrons. The lowest BCUT2D eigenvalue weighted by atomic mass is 10.2. The minimum atomic E-state index is -0.115. The predicted octanol–water partition coefficient (Wildman–Crippen LogP) is 1.77. The molecule has 0 saturated carbocycles. The number of aromatic amines is 1. The number of nitrogens with zero attached hydrogens (tertiary/aromatic N) is 3. The molecule has 0 saturated heterocycles. The molecule has 2 heterocycles. The number of aromatic nitrogens is 3. The molecule has 1 aliphatic rings. The van der Waals surface area contributed by atoms with Gasteiger partial charge in [-0.2, -0.15) is 15.4 Å². The van der Waals surface area contributed by atoms with Crippen LogP contribution in [0.3, 0.4) is 0 Å². The third kappa shape index (κ3) is 1.74. The van der Waals surface area contributed by atoms with Gasteiger partial charge in [-0.3, -0.25) is 4.79 Å². The third-order valence-electron chi connectivity index (χ3n) is 2.82. The van der Waals surface area contributed by atoms with E-state index in [1.807, 2.05) is 18.2 Å². The van der Waals surface area contributed by atoms with Crippen LogP contribution in [0.25, 0.3) is 0 Å². The van der Waals surface area contributed by atoms with Crippen molar-refractivity contribution in [3.63, 3.8) is 0 Å². The summed E-state index contributed by atoms with van der Waals surface area (Å²) in [5.74, 6) is -0.115. The van der Waals surface area contributed by atoms with E-state index in [0.29, 0.717) is 12.2 Å². The highest BCUT2D eigenvalue weighted by molar-refractivity contribution is 9.10. The van der Waals surface area contributed by atoms with Crippen LogP contribution < -0.4 is 4.90 Å². The summed E-state index contributed by atoms with van der Waals surface area (Å²) in [4.78, 5) is 13.9. The number of hydrogen-bond acceptors (Lipinski definition) is 3. The molecule has 0 fully saturated rings. The topological polar surface area (TPSA) is 61.9 Å². The van der Waals surface area contributed by atoms with Crippen LogP contribution in [0.5, 0.6) is 0 Å². The standard InChI is InChI=1S/C11H9BrN4O/c12-8-2-1-7-3-4-16(10(7)5-8)11(17)9-6-13-15-14-9/h1-2,5-6H,3-4H2,(H,13,14,15). The summed E-state index contributed by atoms with van der Waals surface area (Å²) in [6, 6.07) is 5.98. The fourth-order valence-electron chi connectivity index (χ4n) is 2.01. The summed E-state index contributed by atoms with van der Waals surface area (Å²) in [5, 5.41) is 9.93. The predicted molar refractivity (Wildman–Crippen MR) is 65.9 cm³/mol. The zero-order valence-corrected chi connectivity index (χ0v) is 10.4. The molecule has 2 aromatic rings. The first-order valence-electron chi connectivity index (χ1n) is 5.22. The second-order valence-electron chi connectivity index (χ2n) is 3.84. The maximum absolute atomic E-state index is 12.2. The molecule has 1 N–H and O–H groups in total. The first-order valence-corrected chi connectivity index (χ1v) is 6.01. The Morgan fingerprint density at radius 2 is 2.35 bits per heavy atom. The van der Waals surface area contributed by atoms with Gasteiger partial charge in [0.25, 0.3) is 5.91 Å². The molecule has 3 rings (SSSR count). The Morgan fingerprint density at radius 3 is 3.12 bits per heavy atom. The van der Waals surface area contributed by atoms with E-state index in [2.05, 4.69) is 31.3 Å². The number of halogens is 1. The number of hydrogen-bond donors (Lipinski definition) is 1. The number of carbonyl (C=O) groups excluding carboxylic acids is 1. The molecule has 0 aliphatic carbocycles. The third-order valence-corrected chi connectivity index (χ3v) is 3.32. The quantitative estimate of drug-likeness (QED) is 0.871. The number of H-pyrrole nitrogens is 1. The number of amides is 1. The largest absolute Gasteiger partial charge is 0.306 e. The van der Waals surface area contributed by atoms with Gasteiger partial charge in [-0.05, 0) is 24.1 Å². The Balaban J connectivity index is 1.98. The summed E-state index contributed by atoms with van der Waals surface area (Å²) < 4.78 is 0.969. The van der Waals surface area contributed by atoms with Crippen LogP contribution in [0.1, 0.15) is 16.1 Å². The fourth-order valence-corrected chi connectivity index (χ4v) is 2.36. The van der Waals surface area contributed by atoms with Crippen LogP contribution in [-0.2, 0) is 6.42 Å². The van der Waals surface area contributed by atoms with Crippen molar-refractivity contribution >= 4 is 27.5 Å². The van der Waals surface area contributed by atoms with E-state index >= 15 is 0 Å². The molecule has 17 heavy (non-hydrogen) atoms. The summed E-state index contributed by atoms with van der Waals surface area (Å²) in [6.45, 7) is 0.692. The minimum absolute atomic E-state index is 0.115. The average Bonchev–Trinajstić information content (AvgIpc) is 2.97. The summed E-state index contributed by atoms with van der Waals surface area (Å²) in [6.07, 6.45) is 2.32. The van der Waals surface area contributed by atoms with Crippen molar-refractivity contribution in [2.75, 3.05) is 11.4 Å². The van der Waals surface area contributed by atoms with Gasteiger partial charge in [0.15, 0.2) is 5.69 Å². The highest BCUT2D eigenvalue weighted by Gasteiger charge is 2.26. The lowest BCUT2D eigenvalue weighted by molar-refractivity contribution is 0.0984. The monoisotopic (exact) mass is 292 g/mol. The van der Waals surface area contributed by atoms with Crippen LogP contribution in [0.4, 0.5) is 5.69 Å².